The molecule has 1 amide bonds. The van der Waals surface area contributed by atoms with Gasteiger partial charge in [-0.25, -0.2) is 0 Å². The van der Waals surface area contributed by atoms with Crippen molar-refractivity contribution >= 4 is 23.0 Å². The standard InChI is InChI=1S/C14H19N3O/c1-4-5-6-17-12-8-11(16)10(15)7-9(12)14(2,3)13(17)18/h4,7-8H,1,5-6,15-16H2,2-3H3. The van der Waals surface area contributed by atoms with Crippen molar-refractivity contribution in [2.75, 3.05) is 22.9 Å². The highest BCUT2D eigenvalue weighted by Gasteiger charge is 2.43. The molecule has 0 bridgehead atoms. The van der Waals surface area contributed by atoms with Crippen molar-refractivity contribution in [3.63, 3.8) is 0 Å². The van der Waals surface area contributed by atoms with Gasteiger partial charge < -0.3 is 16.4 Å². The molecule has 0 radical (unpaired) electrons. The van der Waals surface area contributed by atoms with Crippen LogP contribution in [0.2, 0.25) is 0 Å². The predicted molar refractivity (Wildman–Crippen MR) is 75.5 cm³/mol. The molecule has 4 N–H and O–H groups in total. The summed E-state index contributed by atoms with van der Waals surface area (Å²) in [4.78, 5) is 14.2. The molecule has 4 nitrogen and oxygen atoms in total. The van der Waals surface area contributed by atoms with Crippen LogP contribution >= 0.6 is 0 Å². The van der Waals surface area contributed by atoms with Crippen molar-refractivity contribution in [3.05, 3.63) is 30.4 Å². The fraction of sp³-hybridized carbons (Fsp3) is 0.357. The van der Waals surface area contributed by atoms with E-state index in [-0.39, 0.29) is 5.91 Å². The van der Waals surface area contributed by atoms with Crippen LogP contribution in [0.1, 0.15) is 25.8 Å². The number of nitrogen functional groups attached to an aromatic ring is 2. The van der Waals surface area contributed by atoms with Crippen molar-refractivity contribution in [3.8, 4) is 0 Å². The van der Waals surface area contributed by atoms with Crippen LogP contribution in [-0.4, -0.2) is 12.5 Å². The third-order valence-corrected chi connectivity index (χ3v) is 3.50. The molecule has 0 aromatic heterocycles. The summed E-state index contributed by atoms with van der Waals surface area (Å²) in [5, 5.41) is 0. The van der Waals surface area contributed by atoms with Gasteiger partial charge in [-0.3, -0.25) is 4.79 Å². The molecule has 0 saturated heterocycles. The molecule has 1 aromatic rings. The highest BCUT2D eigenvalue weighted by molar-refractivity contribution is 6.08. The Labute approximate surface area is 107 Å². The van der Waals surface area contributed by atoms with E-state index in [2.05, 4.69) is 6.58 Å². The largest absolute Gasteiger partial charge is 0.397 e. The average Bonchev–Trinajstić information content (AvgIpc) is 2.48. The van der Waals surface area contributed by atoms with Crippen molar-refractivity contribution in [1.82, 2.24) is 0 Å². The zero-order chi connectivity index (χ0) is 13.5. The topological polar surface area (TPSA) is 72.3 Å². The number of carbonyl (C=O) groups is 1. The molecule has 0 fully saturated rings. The van der Waals surface area contributed by atoms with Crippen LogP contribution in [0.5, 0.6) is 0 Å². The normalized spacial score (nSPS) is 16.8. The summed E-state index contributed by atoms with van der Waals surface area (Å²) in [6, 6.07) is 3.61. The highest BCUT2D eigenvalue weighted by Crippen LogP contribution is 2.44. The quantitative estimate of drug-likeness (QED) is 0.632. The van der Waals surface area contributed by atoms with Crippen LogP contribution in [0, 0.1) is 0 Å². The Kier molecular flexibility index (Phi) is 2.81. The van der Waals surface area contributed by atoms with Crippen LogP contribution in [0.25, 0.3) is 0 Å². The van der Waals surface area contributed by atoms with E-state index in [9.17, 15) is 4.79 Å². The Bertz CT molecular complexity index is 520. The van der Waals surface area contributed by atoms with E-state index in [0.717, 1.165) is 17.7 Å². The summed E-state index contributed by atoms with van der Waals surface area (Å²) < 4.78 is 0. The number of nitrogens with zero attached hydrogens (tertiary/aromatic N) is 1. The SMILES string of the molecule is C=CCCN1C(=O)C(C)(C)c2cc(N)c(N)cc21. The minimum absolute atomic E-state index is 0.0874. The number of rotatable bonds is 3. The Balaban J connectivity index is 2.54. The van der Waals surface area contributed by atoms with Crippen molar-refractivity contribution in [2.45, 2.75) is 25.7 Å². The third kappa shape index (κ3) is 1.65. The van der Waals surface area contributed by atoms with Crippen LogP contribution in [-0.2, 0) is 10.2 Å². The van der Waals surface area contributed by atoms with Crippen molar-refractivity contribution in [2.24, 2.45) is 0 Å². The lowest BCUT2D eigenvalue weighted by Crippen LogP contribution is -2.36. The second-order valence-electron chi connectivity index (χ2n) is 5.16. The maximum Gasteiger partial charge on any atom is 0.237 e. The molecule has 4 heteroatoms. The van der Waals surface area contributed by atoms with Gasteiger partial charge in [-0.05, 0) is 38.0 Å². The summed E-state index contributed by atoms with van der Waals surface area (Å²) in [5.74, 6) is 0.0874. The highest BCUT2D eigenvalue weighted by atomic mass is 16.2. The van der Waals surface area contributed by atoms with E-state index in [1.807, 2.05) is 19.9 Å². The van der Waals surface area contributed by atoms with Crippen LogP contribution in [0.4, 0.5) is 17.1 Å². The third-order valence-electron chi connectivity index (χ3n) is 3.50. The maximum absolute atomic E-state index is 12.4. The first kappa shape index (κ1) is 12.5. The Morgan fingerprint density at radius 1 is 1.33 bits per heavy atom. The number of benzene rings is 1. The summed E-state index contributed by atoms with van der Waals surface area (Å²) in [5.41, 5.74) is 14.0. The molecule has 18 heavy (non-hydrogen) atoms. The van der Waals surface area contributed by atoms with E-state index in [0.29, 0.717) is 17.9 Å². The van der Waals surface area contributed by atoms with Gasteiger partial charge in [0.25, 0.3) is 0 Å². The number of amides is 1. The van der Waals surface area contributed by atoms with Gasteiger partial charge in [0, 0.05) is 6.54 Å². The molecule has 1 heterocycles. The minimum Gasteiger partial charge on any atom is -0.397 e. The van der Waals surface area contributed by atoms with Gasteiger partial charge in [0.2, 0.25) is 5.91 Å². The molecular weight excluding hydrogens is 226 g/mol. The molecule has 0 aliphatic carbocycles. The monoisotopic (exact) mass is 245 g/mol. The Morgan fingerprint density at radius 2 is 1.94 bits per heavy atom. The van der Waals surface area contributed by atoms with Crippen LogP contribution in [0.15, 0.2) is 24.8 Å². The van der Waals surface area contributed by atoms with Gasteiger partial charge in [-0.2, -0.15) is 0 Å². The molecular formula is C14H19N3O. The fourth-order valence-electron chi connectivity index (χ4n) is 2.35. The number of carbonyl (C=O) groups excluding carboxylic acids is 1. The summed E-state index contributed by atoms with van der Waals surface area (Å²) >= 11 is 0. The maximum atomic E-state index is 12.4. The van der Waals surface area contributed by atoms with E-state index in [1.165, 1.54) is 0 Å². The second-order valence-corrected chi connectivity index (χ2v) is 5.16. The Morgan fingerprint density at radius 3 is 2.56 bits per heavy atom. The molecule has 1 aromatic carbocycles. The van der Waals surface area contributed by atoms with Crippen molar-refractivity contribution in [1.29, 1.82) is 0 Å². The summed E-state index contributed by atoms with van der Waals surface area (Å²) in [6.07, 6.45) is 2.56. The second kappa shape index (κ2) is 4.05. The molecule has 0 unspecified atom stereocenters. The van der Waals surface area contributed by atoms with E-state index >= 15 is 0 Å². The predicted octanol–water partition coefficient (Wildman–Crippen LogP) is 2.05. The number of anilines is 3. The lowest BCUT2D eigenvalue weighted by molar-refractivity contribution is -0.122. The van der Waals surface area contributed by atoms with Crippen LogP contribution in [0.3, 0.4) is 0 Å². The number of nitrogens with two attached hydrogens (primary N) is 2. The zero-order valence-electron chi connectivity index (χ0n) is 10.9. The lowest BCUT2D eigenvalue weighted by Gasteiger charge is -2.19. The minimum atomic E-state index is -0.543. The van der Waals surface area contributed by atoms with Gasteiger partial charge in [-0.15, -0.1) is 6.58 Å². The average molecular weight is 245 g/mol. The van der Waals surface area contributed by atoms with E-state index in [1.54, 1.807) is 17.0 Å². The zero-order valence-corrected chi connectivity index (χ0v) is 10.9. The van der Waals surface area contributed by atoms with Gasteiger partial charge in [-0.1, -0.05) is 6.08 Å². The molecule has 2 rings (SSSR count). The van der Waals surface area contributed by atoms with Gasteiger partial charge in [0.15, 0.2) is 0 Å². The fourth-order valence-corrected chi connectivity index (χ4v) is 2.35. The first-order chi connectivity index (χ1) is 8.39. The number of fused-ring (bicyclic) bond motifs is 1. The summed E-state index contributed by atoms with van der Waals surface area (Å²) in [6.45, 7) is 8.14. The first-order valence-corrected chi connectivity index (χ1v) is 6.02. The lowest BCUT2D eigenvalue weighted by atomic mass is 9.86. The molecule has 0 spiro atoms. The molecule has 0 saturated carbocycles. The number of hydrogen-bond acceptors (Lipinski definition) is 3. The first-order valence-electron chi connectivity index (χ1n) is 6.02. The van der Waals surface area contributed by atoms with Gasteiger partial charge in [0.1, 0.15) is 0 Å². The molecule has 96 valence electrons. The van der Waals surface area contributed by atoms with E-state index in [4.69, 9.17) is 11.5 Å². The van der Waals surface area contributed by atoms with E-state index < -0.39 is 5.41 Å². The Hall–Kier alpha value is -1.97. The number of hydrogen-bond donors (Lipinski definition) is 2. The molecule has 1 aliphatic heterocycles. The smallest absolute Gasteiger partial charge is 0.237 e. The van der Waals surface area contributed by atoms with Gasteiger partial charge in [0.05, 0.1) is 22.5 Å². The molecule has 1 aliphatic rings. The summed E-state index contributed by atoms with van der Waals surface area (Å²) in [7, 11) is 0. The molecule has 0 atom stereocenters. The van der Waals surface area contributed by atoms with Gasteiger partial charge >= 0.3 is 0 Å². The van der Waals surface area contributed by atoms with Crippen molar-refractivity contribution < 1.29 is 4.79 Å². The van der Waals surface area contributed by atoms with Crippen LogP contribution < -0.4 is 16.4 Å².